The fourth-order valence-corrected chi connectivity index (χ4v) is 1.77. The van der Waals surface area contributed by atoms with Crippen LogP contribution >= 0.6 is 0 Å². The number of nitrogens with zero attached hydrogens (tertiary/aromatic N) is 2. The van der Waals surface area contributed by atoms with Gasteiger partial charge < -0.3 is 0 Å². The zero-order chi connectivity index (χ0) is 10.8. The second-order valence-electron chi connectivity index (χ2n) is 4.74. The average molecular weight is 209 g/mol. The van der Waals surface area contributed by atoms with Crippen molar-refractivity contribution in [2.45, 2.75) is 39.2 Å². The Hall–Kier alpha value is -0.900. The Bertz CT molecular complexity index is 282. The largest absolute Gasteiger partial charge is 0.295 e. The number of hydrazone groups is 1. The lowest BCUT2D eigenvalue weighted by Gasteiger charge is -2.18. The van der Waals surface area contributed by atoms with Gasteiger partial charge in [0.2, 0.25) is 5.91 Å². The van der Waals surface area contributed by atoms with Gasteiger partial charge in [-0.05, 0) is 26.7 Å². The summed E-state index contributed by atoms with van der Waals surface area (Å²) in [5.41, 5.74) is 3.78. The molecule has 84 valence electrons. The lowest BCUT2D eigenvalue weighted by molar-refractivity contribution is -0.122. The van der Waals surface area contributed by atoms with E-state index in [4.69, 9.17) is 0 Å². The molecule has 0 spiro atoms. The molecule has 0 radical (unpaired) electrons. The second-order valence-corrected chi connectivity index (χ2v) is 4.74. The highest BCUT2D eigenvalue weighted by molar-refractivity contribution is 5.90. The molecule has 1 saturated heterocycles. The van der Waals surface area contributed by atoms with Gasteiger partial charge in [0, 0.05) is 31.5 Å². The Morgan fingerprint density at radius 3 is 2.80 bits per heavy atom. The standard InChI is InChI=1S/C11H19N3O/c1-8(2)14-6-5-10(7-14)12-13-11(15)9-3-4-9/h8-9H,3-7H2,1-2H3,(H,13,15)/b12-10+. The van der Waals surface area contributed by atoms with E-state index < -0.39 is 0 Å². The van der Waals surface area contributed by atoms with Gasteiger partial charge in [-0.2, -0.15) is 5.10 Å². The molecule has 1 aliphatic carbocycles. The van der Waals surface area contributed by atoms with Crippen LogP contribution in [0.1, 0.15) is 33.1 Å². The summed E-state index contributed by atoms with van der Waals surface area (Å²) in [7, 11) is 0. The summed E-state index contributed by atoms with van der Waals surface area (Å²) in [4.78, 5) is 13.7. The summed E-state index contributed by atoms with van der Waals surface area (Å²) in [6.45, 7) is 6.34. The van der Waals surface area contributed by atoms with E-state index in [1.165, 1.54) is 0 Å². The van der Waals surface area contributed by atoms with Crippen molar-refractivity contribution in [3.63, 3.8) is 0 Å². The van der Waals surface area contributed by atoms with Crippen molar-refractivity contribution in [2.24, 2.45) is 11.0 Å². The molecular weight excluding hydrogens is 190 g/mol. The number of hydrogen-bond acceptors (Lipinski definition) is 3. The van der Waals surface area contributed by atoms with Crippen molar-refractivity contribution < 1.29 is 4.79 Å². The smallest absolute Gasteiger partial charge is 0.243 e. The summed E-state index contributed by atoms with van der Waals surface area (Å²) >= 11 is 0. The minimum atomic E-state index is 0.102. The summed E-state index contributed by atoms with van der Waals surface area (Å²) in [5.74, 6) is 0.349. The predicted octanol–water partition coefficient (Wildman–Crippen LogP) is 0.983. The molecular formula is C11H19N3O. The van der Waals surface area contributed by atoms with Gasteiger partial charge >= 0.3 is 0 Å². The van der Waals surface area contributed by atoms with E-state index in [2.05, 4.69) is 29.3 Å². The highest BCUT2D eigenvalue weighted by Crippen LogP contribution is 2.28. The summed E-state index contributed by atoms with van der Waals surface area (Å²) in [6, 6.07) is 0.567. The number of rotatable bonds is 3. The monoisotopic (exact) mass is 209 g/mol. The van der Waals surface area contributed by atoms with Gasteiger partial charge in [0.1, 0.15) is 0 Å². The molecule has 2 rings (SSSR count). The first-order valence-electron chi connectivity index (χ1n) is 5.76. The van der Waals surface area contributed by atoms with E-state index >= 15 is 0 Å². The molecule has 0 unspecified atom stereocenters. The third-order valence-electron chi connectivity index (χ3n) is 3.08. The van der Waals surface area contributed by atoms with E-state index in [1.807, 2.05) is 0 Å². The predicted molar refractivity (Wildman–Crippen MR) is 59.6 cm³/mol. The van der Waals surface area contributed by atoms with Crippen LogP contribution < -0.4 is 5.43 Å². The third-order valence-corrected chi connectivity index (χ3v) is 3.08. The van der Waals surface area contributed by atoms with Crippen molar-refractivity contribution in [1.82, 2.24) is 10.3 Å². The van der Waals surface area contributed by atoms with Crippen LogP contribution in [0, 0.1) is 5.92 Å². The van der Waals surface area contributed by atoms with Crippen LogP contribution in [0.4, 0.5) is 0 Å². The van der Waals surface area contributed by atoms with Crippen LogP contribution in [0.15, 0.2) is 5.10 Å². The van der Waals surface area contributed by atoms with Crippen molar-refractivity contribution >= 4 is 11.6 Å². The number of likely N-dealkylation sites (tertiary alicyclic amines) is 1. The minimum Gasteiger partial charge on any atom is -0.295 e. The van der Waals surface area contributed by atoms with Gasteiger partial charge in [0.15, 0.2) is 0 Å². The number of carbonyl (C=O) groups is 1. The average Bonchev–Trinajstić information content (AvgIpc) is 2.93. The molecule has 1 N–H and O–H groups in total. The molecule has 1 saturated carbocycles. The molecule has 0 aromatic rings. The molecule has 1 heterocycles. The van der Waals surface area contributed by atoms with Crippen molar-refractivity contribution in [3.05, 3.63) is 0 Å². The summed E-state index contributed by atoms with van der Waals surface area (Å²) in [5, 5.41) is 4.19. The van der Waals surface area contributed by atoms with Gasteiger partial charge in [0.25, 0.3) is 0 Å². The molecule has 0 atom stereocenters. The Labute approximate surface area is 90.7 Å². The highest BCUT2D eigenvalue weighted by atomic mass is 16.2. The number of amides is 1. The first-order valence-corrected chi connectivity index (χ1v) is 5.76. The normalized spacial score (nSPS) is 25.1. The van der Waals surface area contributed by atoms with E-state index in [-0.39, 0.29) is 11.8 Å². The fourth-order valence-electron chi connectivity index (χ4n) is 1.77. The number of carbonyl (C=O) groups excluding carboxylic acids is 1. The second kappa shape index (κ2) is 4.31. The van der Waals surface area contributed by atoms with Crippen molar-refractivity contribution in [3.8, 4) is 0 Å². The van der Waals surface area contributed by atoms with Gasteiger partial charge in [-0.15, -0.1) is 0 Å². The molecule has 4 nitrogen and oxygen atoms in total. The maximum Gasteiger partial charge on any atom is 0.243 e. The molecule has 0 bridgehead atoms. The van der Waals surface area contributed by atoms with Gasteiger partial charge in [-0.3, -0.25) is 9.69 Å². The summed E-state index contributed by atoms with van der Waals surface area (Å²) in [6.07, 6.45) is 3.06. The molecule has 0 aromatic heterocycles. The van der Waals surface area contributed by atoms with E-state index in [9.17, 15) is 4.79 Å². The van der Waals surface area contributed by atoms with E-state index in [0.717, 1.165) is 38.1 Å². The van der Waals surface area contributed by atoms with E-state index in [1.54, 1.807) is 0 Å². The quantitative estimate of drug-likeness (QED) is 0.704. The van der Waals surface area contributed by atoms with Crippen LogP contribution in [0.5, 0.6) is 0 Å². The van der Waals surface area contributed by atoms with Gasteiger partial charge in [-0.25, -0.2) is 5.43 Å². The molecule has 2 fully saturated rings. The van der Waals surface area contributed by atoms with Gasteiger partial charge in [-0.1, -0.05) is 0 Å². The van der Waals surface area contributed by atoms with Crippen molar-refractivity contribution in [2.75, 3.05) is 13.1 Å². The van der Waals surface area contributed by atoms with Crippen LogP contribution in [0.2, 0.25) is 0 Å². The minimum absolute atomic E-state index is 0.102. The van der Waals surface area contributed by atoms with Gasteiger partial charge in [0.05, 0.1) is 5.71 Å². The molecule has 1 amide bonds. The first kappa shape index (κ1) is 10.6. The first-order chi connectivity index (χ1) is 7.16. The Balaban J connectivity index is 1.79. The maximum atomic E-state index is 11.3. The van der Waals surface area contributed by atoms with Crippen LogP contribution in [-0.2, 0) is 4.79 Å². The Morgan fingerprint density at radius 2 is 2.27 bits per heavy atom. The highest BCUT2D eigenvalue weighted by Gasteiger charge is 2.29. The number of hydrogen-bond donors (Lipinski definition) is 1. The van der Waals surface area contributed by atoms with Crippen LogP contribution in [-0.4, -0.2) is 35.7 Å². The third kappa shape index (κ3) is 2.78. The SMILES string of the molecule is CC(C)N1CC/C(=N\NC(=O)C2CC2)C1. The topological polar surface area (TPSA) is 44.7 Å². The molecule has 2 aliphatic rings. The summed E-state index contributed by atoms with van der Waals surface area (Å²) < 4.78 is 0. The molecule has 15 heavy (non-hydrogen) atoms. The lowest BCUT2D eigenvalue weighted by Crippen LogP contribution is -2.29. The number of nitrogens with one attached hydrogen (secondary N) is 1. The lowest BCUT2D eigenvalue weighted by atomic mass is 10.3. The Kier molecular flexibility index (Phi) is 3.05. The van der Waals surface area contributed by atoms with Crippen LogP contribution in [0.25, 0.3) is 0 Å². The van der Waals surface area contributed by atoms with E-state index in [0.29, 0.717) is 6.04 Å². The maximum absolute atomic E-state index is 11.3. The zero-order valence-electron chi connectivity index (χ0n) is 9.49. The zero-order valence-corrected chi connectivity index (χ0v) is 9.49. The van der Waals surface area contributed by atoms with Crippen LogP contribution in [0.3, 0.4) is 0 Å². The fraction of sp³-hybridized carbons (Fsp3) is 0.818. The molecule has 0 aromatic carbocycles. The Morgan fingerprint density at radius 1 is 1.53 bits per heavy atom. The molecule has 1 aliphatic heterocycles. The van der Waals surface area contributed by atoms with Crippen molar-refractivity contribution in [1.29, 1.82) is 0 Å². The molecule has 4 heteroatoms.